The van der Waals surface area contributed by atoms with E-state index in [9.17, 15) is 9.18 Å². The Morgan fingerprint density at radius 1 is 1.47 bits per heavy atom. The summed E-state index contributed by atoms with van der Waals surface area (Å²) in [6, 6.07) is 1.36. The number of fused-ring (bicyclic) bond motifs is 2. The van der Waals surface area contributed by atoms with Crippen LogP contribution in [0.4, 0.5) is 4.39 Å². The van der Waals surface area contributed by atoms with E-state index in [0.29, 0.717) is 12.5 Å². The van der Waals surface area contributed by atoms with Crippen molar-refractivity contribution in [3.63, 3.8) is 0 Å². The average Bonchev–Trinajstić information content (AvgIpc) is 3.01. The molecule has 3 atom stereocenters. The van der Waals surface area contributed by atoms with E-state index in [-0.39, 0.29) is 10.7 Å². The Hall–Kier alpha value is -1.16. The zero-order chi connectivity index (χ0) is 13.4. The zero-order valence-electron chi connectivity index (χ0n) is 10.5. The Morgan fingerprint density at radius 3 is 3.00 bits per heavy atom. The highest BCUT2D eigenvalue weighted by Gasteiger charge is 2.39. The molecule has 2 fully saturated rings. The first kappa shape index (κ1) is 12.9. The summed E-state index contributed by atoms with van der Waals surface area (Å²) in [6.45, 7) is 0.638. The van der Waals surface area contributed by atoms with E-state index >= 15 is 0 Å². The number of nitrogens with one attached hydrogen (secondary N) is 1. The van der Waals surface area contributed by atoms with Gasteiger partial charge < -0.3 is 5.32 Å². The van der Waals surface area contributed by atoms with Gasteiger partial charge in [-0.05, 0) is 43.1 Å². The molecular formula is C14H16ClFN2O. The first-order valence-electron chi connectivity index (χ1n) is 6.73. The zero-order valence-corrected chi connectivity index (χ0v) is 11.3. The molecule has 0 aliphatic heterocycles. The number of amides is 1. The number of nitrogens with zero attached hydrogens (tertiary/aromatic N) is 1. The summed E-state index contributed by atoms with van der Waals surface area (Å²) in [5.74, 6) is 1.01. The molecule has 3 nitrogen and oxygen atoms in total. The van der Waals surface area contributed by atoms with Gasteiger partial charge in [0.2, 0.25) is 0 Å². The molecule has 19 heavy (non-hydrogen) atoms. The summed E-state index contributed by atoms with van der Waals surface area (Å²) in [4.78, 5) is 15.5. The monoisotopic (exact) mass is 282 g/mol. The number of pyridine rings is 1. The van der Waals surface area contributed by atoms with Crippen molar-refractivity contribution in [2.75, 3.05) is 6.54 Å². The molecule has 1 heterocycles. The topological polar surface area (TPSA) is 42.0 Å². The Balaban J connectivity index is 1.61. The molecule has 2 bridgehead atoms. The maximum atomic E-state index is 13.6. The lowest BCUT2D eigenvalue weighted by molar-refractivity contribution is 0.0937. The molecule has 1 aromatic heterocycles. The first-order valence-corrected chi connectivity index (χ1v) is 7.11. The van der Waals surface area contributed by atoms with Crippen LogP contribution in [-0.2, 0) is 0 Å². The molecule has 0 radical (unpaired) electrons. The van der Waals surface area contributed by atoms with E-state index in [4.69, 9.17) is 11.6 Å². The number of halogens is 2. The maximum absolute atomic E-state index is 13.6. The Morgan fingerprint density at radius 2 is 2.32 bits per heavy atom. The molecule has 0 saturated heterocycles. The highest BCUT2D eigenvalue weighted by atomic mass is 35.5. The SMILES string of the molecule is O=C(NC[C@@H]1C[C@H]2CC[C@H]1C2)c1ccnc(Cl)c1F. The molecule has 3 rings (SSSR count). The van der Waals surface area contributed by atoms with Gasteiger partial charge in [-0.3, -0.25) is 4.79 Å². The summed E-state index contributed by atoms with van der Waals surface area (Å²) < 4.78 is 13.6. The van der Waals surface area contributed by atoms with E-state index in [1.165, 1.54) is 37.9 Å². The van der Waals surface area contributed by atoms with E-state index in [0.717, 1.165) is 11.8 Å². The van der Waals surface area contributed by atoms with Crippen LogP contribution < -0.4 is 5.32 Å². The lowest BCUT2D eigenvalue weighted by Gasteiger charge is -2.21. The summed E-state index contributed by atoms with van der Waals surface area (Å²) >= 11 is 5.57. The minimum Gasteiger partial charge on any atom is -0.352 e. The molecule has 0 spiro atoms. The second kappa shape index (κ2) is 5.08. The van der Waals surface area contributed by atoms with Crippen LogP contribution in [0.25, 0.3) is 0 Å². The minimum absolute atomic E-state index is 0.0249. The Bertz CT molecular complexity index is 508. The van der Waals surface area contributed by atoms with Crippen molar-refractivity contribution in [3.8, 4) is 0 Å². The van der Waals surface area contributed by atoms with E-state index in [1.54, 1.807) is 0 Å². The number of hydrogen-bond acceptors (Lipinski definition) is 2. The van der Waals surface area contributed by atoms with Gasteiger partial charge in [0.15, 0.2) is 11.0 Å². The molecule has 1 aromatic rings. The minimum atomic E-state index is -0.741. The fraction of sp³-hybridized carbons (Fsp3) is 0.571. The molecule has 0 aromatic carbocycles. The quantitative estimate of drug-likeness (QED) is 0.866. The Labute approximate surface area is 116 Å². The van der Waals surface area contributed by atoms with Crippen LogP contribution in [0.2, 0.25) is 5.15 Å². The lowest BCUT2D eigenvalue weighted by atomic mass is 9.89. The smallest absolute Gasteiger partial charge is 0.254 e. The van der Waals surface area contributed by atoms with Crippen LogP contribution in [0.3, 0.4) is 0 Å². The third kappa shape index (κ3) is 2.46. The van der Waals surface area contributed by atoms with Crippen LogP contribution in [-0.4, -0.2) is 17.4 Å². The molecule has 2 aliphatic carbocycles. The van der Waals surface area contributed by atoms with Gasteiger partial charge in [-0.15, -0.1) is 0 Å². The first-order chi connectivity index (χ1) is 9.15. The lowest BCUT2D eigenvalue weighted by Crippen LogP contribution is -2.32. The van der Waals surface area contributed by atoms with Crippen molar-refractivity contribution in [1.29, 1.82) is 0 Å². The normalized spacial score (nSPS) is 28.6. The van der Waals surface area contributed by atoms with Crippen LogP contribution in [0.1, 0.15) is 36.0 Å². The van der Waals surface area contributed by atoms with E-state index < -0.39 is 11.7 Å². The number of carbonyl (C=O) groups excluding carboxylic acids is 1. The van der Waals surface area contributed by atoms with Crippen molar-refractivity contribution >= 4 is 17.5 Å². The van der Waals surface area contributed by atoms with Crippen molar-refractivity contribution < 1.29 is 9.18 Å². The largest absolute Gasteiger partial charge is 0.352 e. The fourth-order valence-corrected chi connectivity index (χ4v) is 3.70. The third-order valence-electron chi connectivity index (χ3n) is 4.50. The van der Waals surface area contributed by atoms with E-state index in [2.05, 4.69) is 10.3 Å². The van der Waals surface area contributed by atoms with Gasteiger partial charge in [0.25, 0.3) is 5.91 Å². The van der Waals surface area contributed by atoms with Crippen molar-refractivity contribution in [1.82, 2.24) is 10.3 Å². The van der Waals surface area contributed by atoms with Gasteiger partial charge in [0, 0.05) is 12.7 Å². The predicted molar refractivity (Wildman–Crippen MR) is 70.5 cm³/mol. The fourth-order valence-electron chi connectivity index (χ4n) is 3.54. The molecular weight excluding hydrogens is 267 g/mol. The molecule has 0 unspecified atom stereocenters. The molecule has 2 aliphatic rings. The average molecular weight is 283 g/mol. The highest BCUT2D eigenvalue weighted by molar-refractivity contribution is 6.29. The van der Waals surface area contributed by atoms with Crippen molar-refractivity contribution in [2.24, 2.45) is 17.8 Å². The summed E-state index contributed by atoms with van der Waals surface area (Å²) in [6.07, 6.45) is 6.46. The van der Waals surface area contributed by atoms with Crippen LogP contribution >= 0.6 is 11.6 Å². The second-order valence-corrected chi connectivity index (χ2v) is 5.97. The van der Waals surface area contributed by atoms with Crippen LogP contribution in [0, 0.1) is 23.6 Å². The Kier molecular flexibility index (Phi) is 3.44. The highest BCUT2D eigenvalue weighted by Crippen LogP contribution is 2.47. The van der Waals surface area contributed by atoms with Crippen molar-refractivity contribution in [3.05, 3.63) is 28.8 Å². The van der Waals surface area contributed by atoms with Crippen LogP contribution in [0.15, 0.2) is 12.3 Å². The summed E-state index contributed by atoms with van der Waals surface area (Å²) in [5, 5.41) is 2.57. The summed E-state index contributed by atoms with van der Waals surface area (Å²) in [5.41, 5.74) is -0.0249. The molecule has 5 heteroatoms. The van der Waals surface area contributed by atoms with Gasteiger partial charge in [0.05, 0.1) is 5.56 Å². The van der Waals surface area contributed by atoms with E-state index in [1.807, 2.05) is 0 Å². The maximum Gasteiger partial charge on any atom is 0.254 e. The third-order valence-corrected chi connectivity index (χ3v) is 4.76. The standard InChI is InChI=1S/C14H16ClFN2O/c15-13-12(16)11(3-4-17-13)14(19)18-7-10-6-8-1-2-9(10)5-8/h3-4,8-10H,1-2,5-7H2,(H,18,19)/t8-,9-,10-/m0/s1. The van der Waals surface area contributed by atoms with Gasteiger partial charge in [-0.2, -0.15) is 0 Å². The summed E-state index contributed by atoms with van der Waals surface area (Å²) in [7, 11) is 0. The van der Waals surface area contributed by atoms with Gasteiger partial charge in [-0.25, -0.2) is 9.37 Å². The molecule has 1 N–H and O–H groups in total. The number of carbonyl (C=O) groups is 1. The van der Waals surface area contributed by atoms with Gasteiger partial charge in [-0.1, -0.05) is 18.0 Å². The van der Waals surface area contributed by atoms with Crippen molar-refractivity contribution in [2.45, 2.75) is 25.7 Å². The number of aromatic nitrogens is 1. The predicted octanol–water partition coefficient (Wildman–Crippen LogP) is 3.04. The van der Waals surface area contributed by atoms with Gasteiger partial charge in [0.1, 0.15) is 0 Å². The second-order valence-electron chi connectivity index (χ2n) is 5.61. The van der Waals surface area contributed by atoms with Crippen LogP contribution in [0.5, 0.6) is 0 Å². The number of rotatable bonds is 3. The molecule has 1 amide bonds. The van der Waals surface area contributed by atoms with Gasteiger partial charge >= 0.3 is 0 Å². The molecule has 2 saturated carbocycles. The molecule has 102 valence electrons. The number of hydrogen-bond donors (Lipinski definition) is 1.